The lowest BCUT2D eigenvalue weighted by Crippen LogP contribution is -2.10. The highest BCUT2D eigenvalue weighted by atomic mass is 32.2. The Balaban J connectivity index is 1.93. The maximum absolute atomic E-state index is 14.6. The van der Waals surface area contributed by atoms with Crippen molar-refractivity contribution in [2.24, 2.45) is 0 Å². The van der Waals surface area contributed by atoms with Gasteiger partial charge in [-0.1, -0.05) is 6.07 Å². The van der Waals surface area contributed by atoms with Crippen LogP contribution in [-0.2, 0) is 25.9 Å². The number of sulfone groups is 1. The number of halogens is 2. The topological polar surface area (TPSA) is 104 Å². The zero-order valence-electron chi connectivity index (χ0n) is 12.5. The monoisotopic (exact) mass is 380 g/mol. The molecule has 2 heterocycles. The van der Waals surface area contributed by atoms with Crippen LogP contribution < -0.4 is 0 Å². The number of carbonyl (C=O) groups excluding carboxylic acids is 3. The van der Waals surface area contributed by atoms with Gasteiger partial charge < -0.3 is 9.47 Å². The van der Waals surface area contributed by atoms with E-state index >= 15 is 0 Å². The van der Waals surface area contributed by atoms with Crippen LogP contribution in [0.5, 0.6) is 0 Å². The summed E-state index contributed by atoms with van der Waals surface area (Å²) in [7, 11) is -4.64. The minimum absolute atomic E-state index is 0.181. The fourth-order valence-electron chi connectivity index (χ4n) is 2.78. The Morgan fingerprint density at radius 3 is 2.38 bits per heavy atom. The van der Waals surface area contributed by atoms with Gasteiger partial charge in [0.25, 0.3) is 0 Å². The summed E-state index contributed by atoms with van der Waals surface area (Å²) in [6.45, 7) is -0.188. The smallest absolute Gasteiger partial charge is 0.349 e. The maximum Gasteiger partial charge on any atom is 0.349 e. The maximum atomic E-state index is 14.6. The molecule has 0 aliphatic carbocycles. The molecule has 0 saturated heterocycles. The van der Waals surface area contributed by atoms with E-state index in [0.29, 0.717) is 6.07 Å². The van der Waals surface area contributed by atoms with Gasteiger partial charge in [0, 0.05) is 5.56 Å². The molecule has 0 fully saturated rings. The van der Waals surface area contributed by atoms with Crippen LogP contribution in [0.25, 0.3) is 0 Å². The van der Waals surface area contributed by atoms with E-state index in [1.165, 1.54) is 6.07 Å². The van der Waals surface area contributed by atoms with Crippen LogP contribution in [0.1, 0.15) is 36.6 Å². The van der Waals surface area contributed by atoms with E-state index in [-0.39, 0.29) is 12.2 Å². The lowest BCUT2D eigenvalue weighted by Gasteiger charge is -2.09. The summed E-state index contributed by atoms with van der Waals surface area (Å²) in [5.41, 5.74) is -1.59. The molecule has 0 amide bonds. The fourth-order valence-corrected chi connectivity index (χ4v) is 4.15. The Morgan fingerprint density at radius 1 is 0.923 bits per heavy atom. The van der Waals surface area contributed by atoms with Crippen LogP contribution >= 0.6 is 0 Å². The van der Waals surface area contributed by atoms with Gasteiger partial charge in [0.2, 0.25) is 9.84 Å². The molecule has 2 aliphatic heterocycles. The van der Waals surface area contributed by atoms with Crippen molar-refractivity contribution in [1.82, 2.24) is 0 Å². The number of benzene rings is 2. The first kappa shape index (κ1) is 16.3. The molecule has 0 atom stereocenters. The molecular weight excluding hydrogens is 374 g/mol. The summed E-state index contributed by atoms with van der Waals surface area (Å²) >= 11 is 0. The van der Waals surface area contributed by atoms with E-state index in [1.807, 2.05) is 0 Å². The van der Waals surface area contributed by atoms with Crippen molar-refractivity contribution in [2.45, 2.75) is 16.4 Å². The molecule has 0 N–H and O–H groups in total. The van der Waals surface area contributed by atoms with Crippen LogP contribution in [0.4, 0.5) is 8.78 Å². The van der Waals surface area contributed by atoms with E-state index in [9.17, 15) is 31.6 Å². The van der Waals surface area contributed by atoms with E-state index in [1.54, 1.807) is 0 Å². The van der Waals surface area contributed by atoms with Gasteiger partial charge in [-0.25, -0.2) is 31.6 Å². The number of esters is 3. The molecule has 2 aromatic carbocycles. The standard InChI is InChI=1S/C16H6F2O7S/c17-9-4-7(3-8-12(9)16(21)25-14(8)19)26(22,23)10-2-1-6-5-24-15(20)11(6)13(10)18/h1-4H,5H2. The van der Waals surface area contributed by atoms with Gasteiger partial charge in [-0.15, -0.1) is 0 Å². The third-order valence-electron chi connectivity index (χ3n) is 4.03. The zero-order chi connectivity index (χ0) is 18.8. The van der Waals surface area contributed by atoms with E-state index in [2.05, 4.69) is 9.47 Å². The van der Waals surface area contributed by atoms with Gasteiger partial charge in [0.15, 0.2) is 5.82 Å². The van der Waals surface area contributed by atoms with Gasteiger partial charge in [0.1, 0.15) is 28.4 Å². The molecule has 0 saturated carbocycles. The number of fused-ring (bicyclic) bond motifs is 2. The number of carbonyl (C=O) groups is 3. The number of hydrogen-bond donors (Lipinski definition) is 0. The van der Waals surface area contributed by atoms with E-state index < -0.39 is 65.9 Å². The highest BCUT2D eigenvalue weighted by Gasteiger charge is 2.37. The largest absolute Gasteiger partial charge is 0.457 e. The second-order valence-corrected chi connectivity index (χ2v) is 7.41. The highest BCUT2D eigenvalue weighted by molar-refractivity contribution is 7.91. The van der Waals surface area contributed by atoms with E-state index in [4.69, 9.17) is 0 Å². The fraction of sp³-hybridized carbons (Fsp3) is 0.0625. The molecule has 0 bridgehead atoms. The average Bonchev–Trinajstić information content (AvgIpc) is 3.08. The summed E-state index contributed by atoms with van der Waals surface area (Å²) in [5, 5.41) is 0. The van der Waals surface area contributed by atoms with Crippen molar-refractivity contribution in [2.75, 3.05) is 0 Å². The molecule has 132 valence electrons. The van der Waals surface area contributed by atoms with Crippen LogP contribution in [0.3, 0.4) is 0 Å². The Hall–Kier alpha value is -3.14. The normalized spacial score (nSPS) is 15.5. The molecule has 0 aromatic heterocycles. The minimum atomic E-state index is -4.64. The lowest BCUT2D eigenvalue weighted by atomic mass is 10.1. The third kappa shape index (κ3) is 2.08. The Morgan fingerprint density at radius 2 is 1.65 bits per heavy atom. The van der Waals surface area contributed by atoms with Crippen molar-refractivity contribution >= 4 is 27.7 Å². The zero-order valence-corrected chi connectivity index (χ0v) is 13.4. The van der Waals surface area contributed by atoms with E-state index in [0.717, 1.165) is 12.1 Å². The predicted molar refractivity (Wildman–Crippen MR) is 77.1 cm³/mol. The second-order valence-electron chi connectivity index (χ2n) is 5.50. The van der Waals surface area contributed by atoms with Crippen molar-refractivity contribution in [3.05, 3.63) is 58.2 Å². The number of hydrogen-bond acceptors (Lipinski definition) is 7. The predicted octanol–water partition coefficient (Wildman–Crippen LogP) is 1.78. The van der Waals surface area contributed by atoms with Crippen molar-refractivity contribution in [3.63, 3.8) is 0 Å². The molecule has 0 radical (unpaired) electrons. The van der Waals surface area contributed by atoms with Crippen molar-refractivity contribution in [3.8, 4) is 0 Å². The molecule has 26 heavy (non-hydrogen) atoms. The first-order chi connectivity index (χ1) is 12.2. The quantitative estimate of drug-likeness (QED) is 0.578. The molecule has 0 spiro atoms. The van der Waals surface area contributed by atoms with Crippen LogP contribution in [0, 0.1) is 11.6 Å². The minimum Gasteiger partial charge on any atom is -0.457 e. The van der Waals surface area contributed by atoms with Gasteiger partial charge in [-0.2, -0.15) is 0 Å². The molecule has 7 nitrogen and oxygen atoms in total. The summed E-state index contributed by atoms with van der Waals surface area (Å²) < 4.78 is 63.0. The molecular formula is C16H6F2O7S. The Kier molecular flexibility index (Phi) is 3.25. The van der Waals surface area contributed by atoms with Crippen molar-refractivity contribution < 1.29 is 41.1 Å². The van der Waals surface area contributed by atoms with Gasteiger partial charge in [-0.05, 0) is 18.2 Å². The molecule has 10 heteroatoms. The van der Waals surface area contributed by atoms with Crippen LogP contribution in [0.15, 0.2) is 34.1 Å². The first-order valence-electron chi connectivity index (χ1n) is 7.05. The average molecular weight is 380 g/mol. The summed E-state index contributed by atoms with van der Waals surface area (Å²) in [6, 6.07) is 3.34. The van der Waals surface area contributed by atoms with Crippen molar-refractivity contribution in [1.29, 1.82) is 0 Å². The number of ether oxygens (including phenoxy) is 2. The summed E-state index contributed by atoms with van der Waals surface area (Å²) in [5.74, 6) is -6.08. The first-order valence-corrected chi connectivity index (χ1v) is 8.54. The SMILES string of the molecule is O=C1OC(=O)c2c(F)cc(S(=O)(=O)c3ccc4c(c3F)C(=O)OC4)cc21. The van der Waals surface area contributed by atoms with Crippen LogP contribution in [0.2, 0.25) is 0 Å². The van der Waals surface area contributed by atoms with Gasteiger partial charge >= 0.3 is 17.9 Å². The highest BCUT2D eigenvalue weighted by Crippen LogP contribution is 2.33. The summed E-state index contributed by atoms with van der Waals surface area (Å²) in [4.78, 5) is 32.9. The summed E-state index contributed by atoms with van der Waals surface area (Å²) in [6.07, 6.45) is 0. The van der Waals surface area contributed by atoms with Gasteiger partial charge in [-0.3, -0.25) is 0 Å². The third-order valence-corrected chi connectivity index (χ3v) is 5.78. The Bertz CT molecular complexity index is 1150. The second kappa shape index (κ2) is 5.18. The Labute approximate surface area is 144 Å². The molecule has 4 rings (SSSR count). The number of rotatable bonds is 2. The number of cyclic esters (lactones) is 3. The molecule has 2 aromatic rings. The lowest BCUT2D eigenvalue weighted by molar-refractivity contribution is 0.0440. The molecule has 0 unspecified atom stereocenters. The van der Waals surface area contributed by atoms with Crippen LogP contribution in [-0.4, -0.2) is 26.3 Å². The van der Waals surface area contributed by atoms with Gasteiger partial charge in [0.05, 0.1) is 10.5 Å². The molecule has 2 aliphatic rings.